The zero-order valence-corrected chi connectivity index (χ0v) is 15.2. The van der Waals surface area contributed by atoms with Crippen molar-refractivity contribution in [3.05, 3.63) is 48.3 Å². The van der Waals surface area contributed by atoms with Crippen LogP contribution in [0.1, 0.15) is 21.1 Å². The average molecular weight is 506 g/mol. The Hall–Kier alpha value is -0.350. The summed E-state index contributed by atoms with van der Waals surface area (Å²) in [6, 6.07) is 6.57. The predicted molar refractivity (Wildman–Crippen MR) is 79.3 cm³/mol. The molecule has 0 saturated carbocycles. The van der Waals surface area contributed by atoms with E-state index in [4.69, 9.17) is 8.83 Å². The monoisotopic (exact) mass is 506 g/mol. The normalized spacial score (nSPS) is 12.3. The molecule has 0 spiro atoms. The molecule has 0 aliphatic rings. The molecule has 0 radical (unpaired) electrons. The Bertz CT molecular complexity index is 510. The molecule has 0 aliphatic carbocycles. The van der Waals surface area contributed by atoms with Crippen LogP contribution in [0.25, 0.3) is 0 Å². The summed E-state index contributed by atoms with van der Waals surface area (Å²) in [6.45, 7) is 0. The van der Waals surface area contributed by atoms with E-state index in [1.807, 2.05) is 0 Å². The van der Waals surface area contributed by atoms with Crippen molar-refractivity contribution in [3.8, 4) is 0 Å². The molecular formula is C12H10Br2O4Te. The SMILES string of the molecule is O=C(C[Te](Br)(Br)CC(=O)c1ccco1)c1ccco1. The second kappa shape index (κ2) is 6.40. The third-order valence-electron chi connectivity index (χ3n) is 2.28. The van der Waals surface area contributed by atoms with Gasteiger partial charge in [0.05, 0.1) is 0 Å². The predicted octanol–water partition coefficient (Wildman–Crippen LogP) is 4.17. The topological polar surface area (TPSA) is 60.4 Å². The molecule has 2 aromatic heterocycles. The number of carbonyl (C=O) groups excluding carboxylic acids is 2. The van der Waals surface area contributed by atoms with Gasteiger partial charge in [-0.05, 0) is 0 Å². The van der Waals surface area contributed by atoms with Crippen LogP contribution in [0.2, 0.25) is 8.94 Å². The molecular weight excluding hydrogens is 496 g/mol. The Morgan fingerprint density at radius 2 is 1.37 bits per heavy atom. The van der Waals surface area contributed by atoms with Crippen LogP contribution >= 0.6 is 25.5 Å². The molecule has 0 saturated heterocycles. The Kier molecular flexibility index (Phi) is 5.07. The Labute approximate surface area is 125 Å². The zero-order valence-electron chi connectivity index (χ0n) is 9.68. The summed E-state index contributed by atoms with van der Waals surface area (Å²) in [7, 11) is 0. The summed E-state index contributed by atoms with van der Waals surface area (Å²) in [5.41, 5.74) is 0. The molecule has 102 valence electrons. The number of rotatable bonds is 6. The summed E-state index contributed by atoms with van der Waals surface area (Å²) < 4.78 is 10.7. The Morgan fingerprint density at radius 3 is 1.68 bits per heavy atom. The number of ketones is 2. The first kappa shape index (κ1) is 15.0. The van der Waals surface area contributed by atoms with Crippen LogP contribution in [0.3, 0.4) is 0 Å². The van der Waals surface area contributed by atoms with Crippen LogP contribution in [-0.2, 0) is 0 Å². The van der Waals surface area contributed by atoms with Crippen molar-refractivity contribution in [2.45, 2.75) is 8.94 Å². The van der Waals surface area contributed by atoms with Gasteiger partial charge in [0.25, 0.3) is 0 Å². The van der Waals surface area contributed by atoms with Crippen LogP contribution in [0.4, 0.5) is 0 Å². The summed E-state index contributed by atoms with van der Waals surface area (Å²) in [5, 5.41) is 0. The van der Waals surface area contributed by atoms with Crippen LogP contribution in [0.15, 0.2) is 45.6 Å². The van der Waals surface area contributed by atoms with Gasteiger partial charge in [0.1, 0.15) is 0 Å². The molecule has 2 rings (SSSR count). The van der Waals surface area contributed by atoms with Gasteiger partial charge in [-0.2, -0.15) is 0 Å². The van der Waals surface area contributed by atoms with E-state index in [0.29, 0.717) is 11.5 Å². The minimum absolute atomic E-state index is 0.104. The van der Waals surface area contributed by atoms with Gasteiger partial charge in [0, 0.05) is 0 Å². The maximum atomic E-state index is 11.9. The molecule has 0 aliphatic heterocycles. The average Bonchev–Trinajstić information content (AvgIpc) is 3.01. The zero-order chi connectivity index (χ0) is 13.9. The van der Waals surface area contributed by atoms with Crippen molar-refractivity contribution < 1.29 is 18.4 Å². The van der Waals surface area contributed by atoms with Gasteiger partial charge in [0.2, 0.25) is 0 Å². The van der Waals surface area contributed by atoms with Gasteiger partial charge in [-0.3, -0.25) is 0 Å². The Balaban J connectivity index is 1.99. The van der Waals surface area contributed by atoms with E-state index in [0.717, 1.165) is 0 Å². The first-order valence-electron chi connectivity index (χ1n) is 5.29. The molecule has 0 fully saturated rings. The standard InChI is InChI=1S/C12H10Br2O4Te/c13-19(14,7-9(15)11-3-1-5-17-11)8-10(16)12-4-2-6-18-12/h1-6H,7-8H2. The molecule has 0 bridgehead atoms. The van der Waals surface area contributed by atoms with E-state index in [2.05, 4.69) is 25.5 Å². The van der Waals surface area contributed by atoms with Gasteiger partial charge in [-0.15, -0.1) is 0 Å². The molecule has 0 atom stereocenters. The first-order valence-corrected chi connectivity index (χ1v) is 19.0. The van der Waals surface area contributed by atoms with E-state index in [9.17, 15) is 9.59 Å². The van der Waals surface area contributed by atoms with Crippen molar-refractivity contribution in [2.24, 2.45) is 0 Å². The van der Waals surface area contributed by atoms with Crippen molar-refractivity contribution in [2.75, 3.05) is 0 Å². The second-order valence-electron chi connectivity index (χ2n) is 3.79. The number of furan rings is 2. The van der Waals surface area contributed by atoms with Gasteiger partial charge in [-0.25, -0.2) is 0 Å². The molecule has 7 heteroatoms. The third-order valence-corrected chi connectivity index (χ3v) is 12.3. The fraction of sp³-hybridized carbons (Fsp3) is 0.167. The number of hydrogen-bond acceptors (Lipinski definition) is 4. The number of Topliss-reactive ketones (excluding diaryl/α,β-unsaturated/α-hetero) is 2. The van der Waals surface area contributed by atoms with E-state index in [-0.39, 0.29) is 20.5 Å². The van der Waals surface area contributed by atoms with E-state index >= 15 is 0 Å². The van der Waals surface area contributed by atoms with Crippen LogP contribution in [0, 0.1) is 0 Å². The summed E-state index contributed by atoms with van der Waals surface area (Å²) >= 11 is 4.18. The molecule has 4 nitrogen and oxygen atoms in total. The number of carbonyl (C=O) groups is 2. The van der Waals surface area contributed by atoms with Gasteiger partial charge < -0.3 is 0 Å². The van der Waals surface area contributed by atoms with Crippen molar-refractivity contribution in [1.82, 2.24) is 0 Å². The molecule has 0 amide bonds. The minimum atomic E-state index is -2.90. The molecule has 0 aromatic carbocycles. The van der Waals surface area contributed by atoms with Crippen molar-refractivity contribution in [1.29, 1.82) is 0 Å². The van der Waals surface area contributed by atoms with Crippen molar-refractivity contribution in [3.63, 3.8) is 0 Å². The molecule has 0 unspecified atom stereocenters. The summed E-state index contributed by atoms with van der Waals surface area (Å²) in [5.74, 6) is 0.430. The molecule has 0 N–H and O–H groups in total. The van der Waals surface area contributed by atoms with Gasteiger partial charge in [0.15, 0.2) is 0 Å². The summed E-state index contributed by atoms with van der Waals surface area (Å²) in [4.78, 5) is 23.9. The van der Waals surface area contributed by atoms with E-state index < -0.39 is 13.8 Å². The molecule has 2 heterocycles. The van der Waals surface area contributed by atoms with Crippen molar-refractivity contribution >= 4 is 50.8 Å². The second-order valence-corrected chi connectivity index (χ2v) is 31.9. The maximum absolute atomic E-state index is 11.9. The van der Waals surface area contributed by atoms with Crippen LogP contribution in [0.5, 0.6) is 0 Å². The van der Waals surface area contributed by atoms with Crippen LogP contribution in [-0.4, -0.2) is 25.3 Å². The fourth-order valence-corrected chi connectivity index (χ4v) is 10.3. The van der Waals surface area contributed by atoms with Gasteiger partial charge >= 0.3 is 127 Å². The van der Waals surface area contributed by atoms with E-state index in [1.54, 1.807) is 24.3 Å². The number of hydrogen-bond donors (Lipinski definition) is 0. The van der Waals surface area contributed by atoms with Gasteiger partial charge in [-0.1, -0.05) is 0 Å². The molecule has 2 aromatic rings. The third kappa shape index (κ3) is 4.32. The fourth-order valence-electron chi connectivity index (χ4n) is 1.45. The quantitative estimate of drug-likeness (QED) is 0.437. The number of halogens is 2. The van der Waals surface area contributed by atoms with Crippen LogP contribution < -0.4 is 0 Å². The summed E-state index contributed by atoms with van der Waals surface area (Å²) in [6.07, 6.45) is 2.91. The molecule has 19 heavy (non-hydrogen) atoms. The van der Waals surface area contributed by atoms with E-state index in [1.165, 1.54) is 12.5 Å². The first-order chi connectivity index (χ1) is 8.98. The Morgan fingerprint density at radius 1 is 0.947 bits per heavy atom.